The minimum atomic E-state index is -0.508. The van der Waals surface area contributed by atoms with E-state index in [2.05, 4.69) is 22.0 Å². The van der Waals surface area contributed by atoms with E-state index in [1.54, 1.807) is 6.07 Å². The Balaban J connectivity index is 1.46. The highest BCUT2D eigenvalue weighted by Gasteiger charge is 2.31. The second-order valence-corrected chi connectivity index (χ2v) is 6.40. The lowest BCUT2D eigenvalue weighted by Crippen LogP contribution is -2.52. The lowest BCUT2D eigenvalue weighted by atomic mass is 9.90. The Morgan fingerprint density at radius 2 is 1.62 bits per heavy atom. The van der Waals surface area contributed by atoms with Crippen LogP contribution in [0.1, 0.15) is 17.2 Å². The zero-order chi connectivity index (χ0) is 16.5. The number of hydrogen-bond acceptors (Lipinski definition) is 3. The average Bonchev–Trinajstić information content (AvgIpc) is 2.63. The Hall–Kier alpha value is -2.17. The van der Waals surface area contributed by atoms with Gasteiger partial charge in [-0.3, -0.25) is 4.90 Å². The third kappa shape index (κ3) is 2.72. The largest absolute Gasteiger partial charge is 0.386 e. The van der Waals surface area contributed by atoms with Gasteiger partial charge in [0.05, 0.1) is 17.8 Å². The van der Waals surface area contributed by atoms with Crippen LogP contribution >= 0.6 is 0 Å². The van der Waals surface area contributed by atoms with Crippen LogP contribution in [0, 0.1) is 5.82 Å². The van der Waals surface area contributed by atoms with Gasteiger partial charge in [-0.1, -0.05) is 48.6 Å². The molecule has 24 heavy (non-hydrogen) atoms. The maximum atomic E-state index is 13.9. The number of benzene rings is 2. The van der Waals surface area contributed by atoms with Crippen LogP contribution in [0.4, 0.5) is 10.1 Å². The van der Waals surface area contributed by atoms with Crippen LogP contribution < -0.4 is 4.90 Å². The molecule has 3 nitrogen and oxygen atoms in total. The second kappa shape index (κ2) is 6.38. The molecule has 2 aromatic carbocycles. The number of aliphatic hydroxyl groups is 1. The van der Waals surface area contributed by atoms with Crippen molar-refractivity contribution in [3.63, 3.8) is 0 Å². The van der Waals surface area contributed by atoms with E-state index >= 15 is 0 Å². The summed E-state index contributed by atoms with van der Waals surface area (Å²) in [6.45, 7) is 3.14. The fourth-order valence-corrected chi connectivity index (χ4v) is 3.71. The molecule has 0 unspecified atom stereocenters. The molecule has 0 aromatic heterocycles. The van der Waals surface area contributed by atoms with Crippen LogP contribution in [0.15, 0.2) is 54.6 Å². The van der Waals surface area contributed by atoms with Gasteiger partial charge in [0, 0.05) is 26.2 Å². The quantitative estimate of drug-likeness (QED) is 0.920. The van der Waals surface area contributed by atoms with Gasteiger partial charge in [0.15, 0.2) is 0 Å². The van der Waals surface area contributed by atoms with Gasteiger partial charge in [-0.2, -0.15) is 0 Å². The lowest BCUT2D eigenvalue weighted by Gasteiger charge is -2.42. The number of halogens is 1. The summed E-state index contributed by atoms with van der Waals surface area (Å²) < 4.78 is 13.9. The Labute approximate surface area is 141 Å². The van der Waals surface area contributed by atoms with Crippen LogP contribution in [0.2, 0.25) is 0 Å². The summed E-state index contributed by atoms with van der Waals surface area (Å²) >= 11 is 0. The predicted molar refractivity (Wildman–Crippen MR) is 94.4 cm³/mol. The first-order chi connectivity index (χ1) is 11.7. The first kappa shape index (κ1) is 15.4. The first-order valence-electron chi connectivity index (χ1n) is 8.43. The SMILES string of the molecule is O[C@@H]1c2ccccc2C=C[C@H]1N1CCN(c2ccccc2F)CC1. The molecule has 1 aliphatic heterocycles. The molecule has 124 valence electrons. The lowest BCUT2D eigenvalue weighted by molar-refractivity contribution is 0.0684. The van der Waals surface area contributed by atoms with Crippen molar-refractivity contribution in [2.24, 2.45) is 0 Å². The van der Waals surface area contributed by atoms with E-state index in [9.17, 15) is 9.50 Å². The van der Waals surface area contributed by atoms with Crippen molar-refractivity contribution in [3.8, 4) is 0 Å². The number of rotatable bonds is 2. The summed E-state index contributed by atoms with van der Waals surface area (Å²) in [6, 6.07) is 14.9. The fourth-order valence-electron chi connectivity index (χ4n) is 3.71. The van der Waals surface area contributed by atoms with E-state index in [0.717, 1.165) is 37.3 Å². The molecule has 0 amide bonds. The number of aliphatic hydroxyl groups excluding tert-OH is 1. The number of para-hydroxylation sites is 1. The minimum absolute atomic E-state index is 0.0114. The molecule has 0 radical (unpaired) electrons. The van der Waals surface area contributed by atoms with E-state index in [-0.39, 0.29) is 11.9 Å². The van der Waals surface area contributed by atoms with E-state index < -0.39 is 6.10 Å². The highest BCUT2D eigenvalue weighted by atomic mass is 19.1. The van der Waals surface area contributed by atoms with Crippen molar-refractivity contribution < 1.29 is 9.50 Å². The van der Waals surface area contributed by atoms with Gasteiger partial charge in [-0.15, -0.1) is 0 Å². The van der Waals surface area contributed by atoms with Gasteiger partial charge >= 0.3 is 0 Å². The molecule has 0 spiro atoms. The van der Waals surface area contributed by atoms with Gasteiger partial charge < -0.3 is 10.0 Å². The van der Waals surface area contributed by atoms with Crippen LogP contribution in [0.3, 0.4) is 0 Å². The molecule has 1 fully saturated rings. The third-order valence-electron chi connectivity index (χ3n) is 5.04. The van der Waals surface area contributed by atoms with E-state index in [4.69, 9.17) is 0 Å². The van der Waals surface area contributed by atoms with Gasteiger partial charge in [0.2, 0.25) is 0 Å². The van der Waals surface area contributed by atoms with E-state index in [1.807, 2.05) is 36.4 Å². The van der Waals surface area contributed by atoms with Crippen molar-refractivity contribution in [1.82, 2.24) is 4.90 Å². The molecule has 4 heteroatoms. The molecular weight excluding hydrogens is 303 g/mol. The average molecular weight is 324 g/mol. The molecule has 1 N–H and O–H groups in total. The van der Waals surface area contributed by atoms with Gasteiger partial charge in [-0.25, -0.2) is 4.39 Å². The maximum absolute atomic E-state index is 13.9. The monoisotopic (exact) mass is 324 g/mol. The number of nitrogens with zero attached hydrogens (tertiary/aromatic N) is 2. The molecular formula is C20H21FN2O. The highest BCUT2D eigenvalue weighted by molar-refractivity contribution is 5.58. The molecule has 4 rings (SSSR count). The Morgan fingerprint density at radius 3 is 2.42 bits per heavy atom. The summed E-state index contributed by atoms with van der Waals surface area (Å²) in [5.41, 5.74) is 2.75. The Kier molecular flexibility index (Phi) is 4.08. The summed E-state index contributed by atoms with van der Waals surface area (Å²) in [6.07, 6.45) is 3.67. The molecule has 0 bridgehead atoms. The van der Waals surface area contributed by atoms with Crippen molar-refractivity contribution in [3.05, 3.63) is 71.6 Å². The van der Waals surface area contributed by atoms with E-state index in [0.29, 0.717) is 5.69 Å². The van der Waals surface area contributed by atoms with Crippen molar-refractivity contribution in [1.29, 1.82) is 0 Å². The highest BCUT2D eigenvalue weighted by Crippen LogP contribution is 2.31. The van der Waals surface area contributed by atoms with Crippen LogP contribution in [0.25, 0.3) is 6.08 Å². The number of hydrogen-bond donors (Lipinski definition) is 1. The van der Waals surface area contributed by atoms with Crippen molar-refractivity contribution >= 4 is 11.8 Å². The van der Waals surface area contributed by atoms with Gasteiger partial charge in [0.25, 0.3) is 0 Å². The molecule has 0 saturated carbocycles. The zero-order valence-electron chi connectivity index (χ0n) is 13.5. The summed E-state index contributed by atoms with van der Waals surface area (Å²) in [5, 5.41) is 10.7. The fraction of sp³-hybridized carbons (Fsp3) is 0.300. The van der Waals surface area contributed by atoms with E-state index in [1.165, 1.54) is 6.07 Å². The van der Waals surface area contributed by atoms with Crippen LogP contribution in [0.5, 0.6) is 0 Å². The van der Waals surface area contributed by atoms with Gasteiger partial charge in [0.1, 0.15) is 5.82 Å². The topological polar surface area (TPSA) is 26.7 Å². The van der Waals surface area contributed by atoms with Crippen molar-refractivity contribution in [2.75, 3.05) is 31.1 Å². The number of anilines is 1. The number of fused-ring (bicyclic) bond motifs is 1. The van der Waals surface area contributed by atoms with Crippen LogP contribution in [-0.2, 0) is 0 Å². The Bertz CT molecular complexity index is 753. The summed E-state index contributed by atoms with van der Waals surface area (Å²) in [4.78, 5) is 4.37. The molecule has 2 aromatic rings. The zero-order valence-corrected chi connectivity index (χ0v) is 13.5. The van der Waals surface area contributed by atoms with Crippen LogP contribution in [-0.4, -0.2) is 42.2 Å². The van der Waals surface area contributed by atoms with Gasteiger partial charge in [-0.05, 0) is 23.3 Å². The maximum Gasteiger partial charge on any atom is 0.146 e. The molecule has 1 heterocycles. The molecule has 2 aliphatic rings. The first-order valence-corrected chi connectivity index (χ1v) is 8.43. The normalized spacial score (nSPS) is 24.0. The third-order valence-corrected chi connectivity index (χ3v) is 5.04. The molecule has 1 saturated heterocycles. The minimum Gasteiger partial charge on any atom is -0.386 e. The second-order valence-electron chi connectivity index (χ2n) is 6.40. The summed E-state index contributed by atoms with van der Waals surface area (Å²) in [5.74, 6) is -0.169. The number of piperazine rings is 1. The summed E-state index contributed by atoms with van der Waals surface area (Å²) in [7, 11) is 0. The predicted octanol–water partition coefficient (Wildman–Crippen LogP) is 3.08. The molecule has 1 aliphatic carbocycles. The molecule has 2 atom stereocenters. The Morgan fingerprint density at radius 1 is 0.917 bits per heavy atom. The smallest absolute Gasteiger partial charge is 0.146 e. The van der Waals surface area contributed by atoms with Crippen molar-refractivity contribution in [2.45, 2.75) is 12.1 Å². The standard InChI is InChI=1S/C20H21FN2O/c21-17-7-3-4-8-18(17)22-11-13-23(14-12-22)19-10-9-15-5-1-2-6-16(15)20(19)24/h1-10,19-20,24H,11-14H2/t19-,20-/m1/s1.